The van der Waals surface area contributed by atoms with E-state index < -0.39 is 23.8 Å². The Balaban J connectivity index is 1.60. The molecule has 25 heavy (non-hydrogen) atoms. The first kappa shape index (κ1) is 17.6. The fourth-order valence-corrected chi connectivity index (χ4v) is 2.66. The van der Waals surface area contributed by atoms with Crippen molar-refractivity contribution >= 4 is 23.2 Å². The standard InChI is InChI=1S/C16H16ClF2N5O/c17-10-2-1-3-13(6-10)21-15-14(22-24-23-15)16(25)20-8-9-4-11(18)7-12(19)5-9/h1-7,14-15,21-24H,8H2,(H,20,25). The van der Waals surface area contributed by atoms with Gasteiger partial charge in [-0.2, -0.15) is 5.53 Å². The summed E-state index contributed by atoms with van der Waals surface area (Å²) in [5.74, 6) is -1.72. The first-order chi connectivity index (χ1) is 12.0. The Kier molecular flexibility index (Phi) is 5.44. The van der Waals surface area contributed by atoms with Crippen LogP contribution in [0, 0.1) is 11.6 Å². The van der Waals surface area contributed by atoms with Crippen LogP contribution >= 0.6 is 11.6 Å². The maximum atomic E-state index is 13.2. The highest BCUT2D eigenvalue weighted by Gasteiger charge is 2.32. The van der Waals surface area contributed by atoms with Gasteiger partial charge in [0.1, 0.15) is 23.8 Å². The van der Waals surface area contributed by atoms with E-state index in [0.29, 0.717) is 10.6 Å². The molecular weight excluding hydrogens is 352 g/mol. The SMILES string of the molecule is O=C(NCc1cc(F)cc(F)c1)C1NNNC1Nc1cccc(Cl)c1. The number of rotatable bonds is 5. The minimum Gasteiger partial charge on any atom is -0.367 e. The third kappa shape index (κ3) is 4.64. The number of carbonyl (C=O) groups excluding carboxylic acids is 1. The molecule has 1 aliphatic rings. The minimum absolute atomic E-state index is 0.00950. The first-order valence-electron chi connectivity index (χ1n) is 7.52. The number of anilines is 1. The molecule has 2 unspecified atom stereocenters. The largest absolute Gasteiger partial charge is 0.367 e. The number of hydrazine groups is 2. The first-order valence-corrected chi connectivity index (χ1v) is 7.90. The molecule has 2 aromatic carbocycles. The highest BCUT2D eigenvalue weighted by molar-refractivity contribution is 6.30. The molecule has 0 aromatic heterocycles. The molecule has 3 rings (SSSR count). The topological polar surface area (TPSA) is 77.2 Å². The monoisotopic (exact) mass is 367 g/mol. The summed E-state index contributed by atoms with van der Waals surface area (Å²) >= 11 is 5.94. The summed E-state index contributed by atoms with van der Waals surface area (Å²) in [7, 11) is 0. The lowest BCUT2D eigenvalue weighted by atomic mass is 10.2. The molecular formula is C16H16ClF2N5O. The molecule has 6 nitrogen and oxygen atoms in total. The van der Waals surface area contributed by atoms with Crippen LogP contribution in [0.3, 0.4) is 0 Å². The molecule has 0 radical (unpaired) electrons. The van der Waals surface area contributed by atoms with Crippen molar-refractivity contribution in [3.05, 3.63) is 64.7 Å². The van der Waals surface area contributed by atoms with Crippen molar-refractivity contribution in [2.45, 2.75) is 18.8 Å². The van der Waals surface area contributed by atoms with Crippen molar-refractivity contribution in [2.75, 3.05) is 5.32 Å². The van der Waals surface area contributed by atoms with Crippen molar-refractivity contribution in [1.29, 1.82) is 0 Å². The van der Waals surface area contributed by atoms with E-state index in [1.807, 2.05) is 6.07 Å². The van der Waals surface area contributed by atoms with Crippen LogP contribution in [0.1, 0.15) is 5.56 Å². The number of nitrogens with one attached hydrogen (secondary N) is 5. The summed E-state index contributed by atoms with van der Waals surface area (Å²) in [5, 5.41) is 6.34. The normalized spacial score (nSPS) is 19.6. The molecule has 2 aromatic rings. The van der Waals surface area contributed by atoms with E-state index in [1.54, 1.807) is 18.2 Å². The Hall–Kier alpha value is -2.26. The number of hydrogen-bond acceptors (Lipinski definition) is 5. The molecule has 1 heterocycles. The minimum atomic E-state index is -0.688. The summed E-state index contributed by atoms with van der Waals surface area (Å²) in [4.78, 5) is 12.3. The second-order valence-electron chi connectivity index (χ2n) is 5.52. The predicted octanol–water partition coefficient (Wildman–Crippen LogP) is 1.65. The molecule has 2 atom stereocenters. The lowest BCUT2D eigenvalue weighted by molar-refractivity contribution is -0.123. The van der Waals surface area contributed by atoms with Crippen LogP contribution in [0.4, 0.5) is 14.5 Å². The molecule has 0 bridgehead atoms. The smallest absolute Gasteiger partial charge is 0.242 e. The van der Waals surface area contributed by atoms with Crippen LogP contribution in [0.2, 0.25) is 5.02 Å². The fourth-order valence-electron chi connectivity index (χ4n) is 2.47. The van der Waals surface area contributed by atoms with Crippen molar-refractivity contribution in [2.24, 2.45) is 0 Å². The second kappa shape index (κ2) is 7.75. The number of benzene rings is 2. The van der Waals surface area contributed by atoms with Gasteiger partial charge in [-0.15, -0.1) is 0 Å². The number of amides is 1. The van der Waals surface area contributed by atoms with Crippen LogP contribution in [-0.4, -0.2) is 18.1 Å². The molecule has 0 saturated carbocycles. The highest BCUT2D eigenvalue weighted by Crippen LogP contribution is 2.16. The van der Waals surface area contributed by atoms with Crippen molar-refractivity contribution in [1.82, 2.24) is 21.7 Å². The quantitative estimate of drug-likeness (QED) is 0.555. The van der Waals surface area contributed by atoms with Gasteiger partial charge in [0.25, 0.3) is 0 Å². The van der Waals surface area contributed by atoms with Crippen LogP contribution in [0.25, 0.3) is 0 Å². The number of halogens is 3. The Morgan fingerprint density at radius 3 is 2.60 bits per heavy atom. The van der Waals surface area contributed by atoms with Gasteiger partial charge in [0, 0.05) is 23.3 Å². The Bertz CT molecular complexity index is 756. The lowest BCUT2D eigenvalue weighted by Gasteiger charge is -2.20. The van der Waals surface area contributed by atoms with Crippen LogP contribution in [0.5, 0.6) is 0 Å². The zero-order valence-electron chi connectivity index (χ0n) is 12.9. The third-order valence-electron chi connectivity index (χ3n) is 3.61. The summed E-state index contributed by atoms with van der Waals surface area (Å²) < 4.78 is 26.4. The van der Waals surface area contributed by atoms with Gasteiger partial charge in [0.15, 0.2) is 0 Å². The van der Waals surface area contributed by atoms with Crippen LogP contribution in [-0.2, 0) is 11.3 Å². The summed E-state index contributed by atoms with van der Waals surface area (Å²) in [6.45, 7) is 0.00950. The van der Waals surface area contributed by atoms with E-state index >= 15 is 0 Å². The molecule has 1 fully saturated rings. The van der Waals surface area contributed by atoms with E-state index in [2.05, 4.69) is 27.0 Å². The molecule has 0 aliphatic carbocycles. The molecule has 1 saturated heterocycles. The molecule has 132 valence electrons. The summed E-state index contributed by atoms with van der Waals surface area (Å²) in [6, 6.07) is 9.54. The molecule has 9 heteroatoms. The average Bonchev–Trinajstić information content (AvgIpc) is 3.00. The summed E-state index contributed by atoms with van der Waals surface area (Å²) in [6.07, 6.45) is -0.456. The van der Waals surface area contributed by atoms with Gasteiger partial charge in [0.05, 0.1) is 0 Å². The molecule has 1 aliphatic heterocycles. The van der Waals surface area contributed by atoms with E-state index in [9.17, 15) is 13.6 Å². The van der Waals surface area contributed by atoms with E-state index in [-0.39, 0.29) is 12.5 Å². The zero-order valence-corrected chi connectivity index (χ0v) is 13.7. The highest BCUT2D eigenvalue weighted by atomic mass is 35.5. The van der Waals surface area contributed by atoms with Gasteiger partial charge >= 0.3 is 0 Å². The van der Waals surface area contributed by atoms with Gasteiger partial charge in [-0.1, -0.05) is 17.7 Å². The van der Waals surface area contributed by atoms with Crippen molar-refractivity contribution in [3.63, 3.8) is 0 Å². The zero-order chi connectivity index (χ0) is 17.8. The molecule has 5 N–H and O–H groups in total. The molecule has 1 amide bonds. The van der Waals surface area contributed by atoms with Crippen molar-refractivity contribution < 1.29 is 13.6 Å². The molecule has 0 spiro atoms. The van der Waals surface area contributed by atoms with Gasteiger partial charge in [0.2, 0.25) is 5.91 Å². The predicted molar refractivity (Wildman–Crippen MR) is 90.3 cm³/mol. The van der Waals surface area contributed by atoms with Gasteiger partial charge in [-0.3, -0.25) is 4.79 Å². The van der Waals surface area contributed by atoms with E-state index in [4.69, 9.17) is 11.6 Å². The Labute approximate surface area is 147 Å². The van der Waals surface area contributed by atoms with Crippen molar-refractivity contribution in [3.8, 4) is 0 Å². The summed E-state index contributed by atoms with van der Waals surface area (Å²) in [5.41, 5.74) is 9.41. The van der Waals surface area contributed by atoms with Gasteiger partial charge < -0.3 is 10.6 Å². The Morgan fingerprint density at radius 2 is 1.88 bits per heavy atom. The number of carbonyl (C=O) groups is 1. The maximum Gasteiger partial charge on any atom is 0.242 e. The second-order valence-corrected chi connectivity index (χ2v) is 5.96. The maximum absolute atomic E-state index is 13.2. The Morgan fingerprint density at radius 1 is 1.12 bits per heavy atom. The van der Waals surface area contributed by atoms with Gasteiger partial charge in [-0.25, -0.2) is 19.6 Å². The lowest BCUT2D eigenvalue weighted by Crippen LogP contribution is -2.50. The van der Waals surface area contributed by atoms with E-state index in [0.717, 1.165) is 11.8 Å². The van der Waals surface area contributed by atoms with Gasteiger partial charge in [-0.05, 0) is 35.9 Å². The van der Waals surface area contributed by atoms with Crippen LogP contribution < -0.4 is 27.0 Å². The number of hydrogen-bond donors (Lipinski definition) is 5. The van der Waals surface area contributed by atoms with E-state index in [1.165, 1.54) is 12.1 Å². The average molecular weight is 368 g/mol. The van der Waals surface area contributed by atoms with Crippen LogP contribution in [0.15, 0.2) is 42.5 Å². The fraction of sp³-hybridized carbons (Fsp3) is 0.188. The third-order valence-corrected chi connectivity index (χ3v) is 3.84.